The van der Waals surface area contributed by atoms with Gasteiger partial charge in [-0.1, -0.05) is 23.2 Å². The molecule has 2 N–H and O–H groups in total. The number of rotatable bonds is 3. The fourth-order valence-corrected chi connectivity index (χ4v) is 4.90. The third-order valence-electron chi connectivity index (χ3n) is 3.52. The fourth-order valence-electron chi connectivity index (χ4n) is 2.35. The van der Waals surface area contributed by atoms with Gasteiger partial charge in [0.1, 0.15) is 4.90 Å². The molecule has 1 heterocycles. The molecule has 1 aliphatic heterocycles. The third-order valence-corrected chi connectivity index (χ3v) is 6.09. The van der Waals surface area contributed by atoms with E-state index in [0.29, 0.717) is 0 Å². The number of halogens is 2. The minimum Gasteiger partial charge on any atom is -0.479 e. The highest BCUT2D eigenvalue weighted by atomic mass is 35.5. The number of hydrogen-bond acceptors (Lipinski definition) is 4. The summed E-state index contributed by atoms with van der Waals surface area (Å²) in [5, 5.41) is 12.2. The van der Waals surface area contributed by atoms with Crippen LogP contribution in [0.4, 0.5) is 5.69 Å². The molecule has 0 radical (unpaired) electrons. The maximum absolute atomic E-state index is 12.7. The summed E-state index contributed by atoms with van der Waals surface area (Å²) in [4.78, 5) is 11.3. The lowest BCUT2D eigenvalue weighted by atomic mass is 10.3. The highest BCUT2D eigenvalue weighted by Gasteiger charge is 2.45. The molecule has 1 aromatic carbocycles. The van der Waals surface area contributed by atoms with Crippen LogP contribution in [-0.2, 0) is 14.8 Å². The molecular formula is C12H12Cl2N2O4S. The summed E-state index contributed by atoms with van der Waals surface area (Å²) in [6.07, 6.45) is 0.455. The molecule has 1 aromatic rings. The predicted octanol–water partition coefficient (Wildman–Crippen LogP) is 2.23. The van der Waals surface area contributed by atoms with Crippen molar-refractivity contribution in [3.05, 3.63) is 22.2 Å². The summed E-state index contributed by atoms with van der Waals surface area (Å²) < 4.78 is 26.4. The van der Waals surface area contributed by atoms with E-state index >= 15 is 0 Å². The maximum atomic E-state index is 12.7. The van der Waals surface area contributed by atoms with Gasteiger partial charge in [0.15, 0.2) is 6.17 Å². The van der Waals surface area contributed by atoms with Crippen LogP contribution >= 0.6 is 23.2 Å². The van der Waals surface area contributed by atoms with Gasteiger partial charge >= 0.3 is 5.97 Å². The number of aliphatic carboxylic acids is 1. The van der Waals surface area contributed by atoms with E-state index in [1.54, 1.807) is 0 Å². The highest BCUT2D eigenvalue weighted by molar-refractivity contribution is 7.89. The second kappa shape index (κ2) is 5.01. The van der Waals surface area contributed by atoms with E-state index in [4.69, 9.17) is 23.2 Å². The number of carbonyl (C=O) groups is 1. The Morgan fingerprint density at radius 1 is 1.38 bits per heavy atom. The van der Waals surface area contributed by atoms with Gasteiger partial charge in [0.05, 0.1) is 10.7 Å². The number of carboxylic acid groups (broad SMARTS) is 1. The Labute approximate surface area is 131 Å². The van der Waals surface area contributed by atoms with E-state index in [9.17, 15) is 18.3 Å². The quantitative estimate of drug-likeness (QED) is 0.872. The zero-order valence-corrected chi connectivity index (χ0v) is 13.0. The van der Waals surface area contributed by atoms with Gasteiger partial charge in [0, 0.05) is 11.6 Å². The van der Waals surface area contributed by atoms with Crippen LogP contribution in [0.25, 0.3) is 0 Å². The second-order valence-corrected chi connectivity index (χ2v) is 7.84. The van der Waals surface area contributed by atoms with Crippen molar-refractivity contribution in [2.24, 2.45) is 5.92 Å². The number of nitrogens with one attached hydrogen (secondary N) is 1. The lowest BCUT2D eigenvalue weighted by Gasteiger charge is -2.35. The number of sulfonamides is 1. The normalized spacial score (nSPS) is 24.2. The van der Waals surface area contributed by atoms with Gasteiger partial charge in [0.2, 0.25) is 10.0 Å². The first-order chi connectivity index (χ1) is 9.80. The summed E-state index contributed by atoms with van der Waals surface area (Å²) in [5.74, 6) is -1.06. The van der Waals surface area contributed by atoms with Gasteiger partial charge < -0.3 is 10.4 Å². The number of hydrogen-bond donors (Lipinski definition) is 2. The summed E-state index contributed by atoms with van der Waals surface area (Å²) in [6.45, 7) is 0.171. The zero-order valence-electron chi connectivity index (χ0n) is 10.7. The van der Waals surface area contributed by atoms with Crippen molar-refractivity contribution in [2.75, 3.05) is 11.9 Å². The van der Waals surface area contributed by atoms with Gasteiger partial charge in [-0.2, -0.15) is 4.31 Å². The van der Waals surface area contributed by atoms with Crippen LogP contribution in [0.5, 0.6) is 0 Å². The molecule has 0 bridgehead atoms. The largest absolute Gasteiger partial charge is 0.479 e. The van der Waals surface area contributed by atoms with Crippen LogP contribution in [0.15, 0.2) is 17.0 Å². The second-order valence-electron chi connectivity index (χ2n) is 5.17. The van der Waals surface area contributed by atoms with Crippen LogP contribution < -0.4 is 5.32 Å². The Bertz CT molecular complexity index is 718. The Hall–Kier alpha value is -1.02. The molecule has 1 saturated carbocycles. The first kappa shape index (κ1) is 14.9. The van der Waals surface area contributed by atoms with E-state index in [-0.39, 0.29) is 33.1 Å². The van der Waals surface area contributed by atoms with Gasteiger partial charge in [-0.15, -0.1) is 0 Å². The van der Waals surface area contributed by atoms with Crippen molar-refractivity contribution in [3.63, 3.8) is 0 Å². The van der Waals surface area contributed by atoms with Crippen LogP contribution in [0.3, 0.4) is 0 Å². The van der Waals surface area contributed by atoms with E-state index in [1.165, 1.54) is 12.1 Å². The van der Waals surface area contributed by atoms with Crippen LogP contribution in [0, 0.1) is 5.92 Å². The first-order valence-corrected chi connectivity index (χ1v) is 8.50. The minimum absolute atomic E-state index is 0.0189. The Morgan fingerprint density at radius 3 is 2.62 bits per heavy atom. The Morgan fingerprint density at radius 2 is 2.05 bits per heavy atom. The van der Waals surface area contributed by atoms with Crippen molar-refractivity contribution in [1.82, 2.24) is 4.31 Å². The molecule has 6 nitrogen and oxygen atoms in total. The first-order valence-electron chi connectivity index (χ1n) is 6.31. The SMILES string of the molecule is O=C(O)C1Nc2cc(Cl)cc(Cl)c2S(=O)(=O)N1CC1CC1. The molecule has 0 saturated heterocycles. The zero-order chi connectivity index (χ0) is 15.4. The van der Waals surface area contributed by atoms with Crippen LogP contribution in [0.2, 0.25) is 10.0 Å². The van der Waals surface area contributed by atoms with Crippen LogP contribution in [-0.4, -0.2) is 36.5 Å². The smallest absolute Gasteiger partial charge is 0.342 e. The molecule has 0 amide bonds. The van der Waals surface area contributed by atoms with E-state index in [2.05, 4.69) is 5.32 Å². The van der Waals surface area contributed by atoms with Gasteiger partial charge in [0.25, 0.3) is 0 Å². The molecule has 114 valence electrons. The number of carboxylic acids is 1. The topological polar surface area (TPSA) is 86.7 Å². The maximum Gasteiger partial charge on any atom is 0.342 e. The van der Waals surface area contributed by atoms with E-state index in [0.717, 1.165) is 17.1 Å². The van der Waals surface area contributed by atoms with Crippen molar-refractivity contribution < 1.29 is 18.3 Å². The number of benzene rings is 1. The summed E-state index contributed by atoms with van der Waals surface area (Å²) in [5.41, 5.74) is 0.118. The summed E-state index contributed by atoms with van der Waals surface area (Å²) >= 11 is 11.9. The van der Waals surface area contributed by atoms with Gasteiger partial charge in [-0.25, -0.2) is 13.2 Å². The molecule has 0 aromatic heterocycles. The highest BCUT2D eigenvalue weighted by Crippen LogP contribution is 2.41. The minimum atomic E-state index is -3.98. The summed E-state index contributed by atoms with van der Waals surface area (Å²) in [7, 11) is -3.98. The molecule has 2 aliphatic rings. The molecule has 1 fully saturated rings. The average Bonchev–Trinajstić information content (AvgIpc) is 3.14. The summed E-state index contributed by atoms with van der Waals surface area (Å²) in [6, 6.07) is 2.70. The fraction of sp³-hybridized carbons (Fsp3) is 0.417. The van der Waals surface area contributed by atoms with Gasteiger partial charge in [-0.3, -0.25) is 0 Å². The lowest BCUT2D eigenvalue weighted by molar-refractivity contribution is -0.140. The monoisotopic (exact) mass is 350 g/mol. The van der Waals surface area contributed by atoms with Crippen molar-refractivity contribution >= 4 is 44.9 Å². The number of anilines is 1. The molecule has 0 spiro atoms. The van der Waals surface area contributed by atoms with E-state index < -0.39 is 22.2 Å². The van der Waals surface area contributed by atoms with Crippen molar-refractivity contribution in [3.8, 4) is 0 Å². The number of nitrogens with zero attached hydrogens (tertiary/aromatic N) is 1. The van der Waals surface area contributed by atoms with Crippen LogP contribution in [0.1, 0.15) is 12.8 Å². The molecule has 1 aliphatic carbocycles. The lowest BCUT2D eigenvalue weighted by Crippen LogP contribution is -2.53. The molecule has 9 heteroatoms. The predicted molar refractivity (Wildman–Crippen MR) is 78.1 cm³/mol. The molecular weight excluding hydrogens is 339 g/mol. The molecule has 1 atom stereocenters. The molecule has 3 rings (SSSR count). The van der Waals surface area contributed by atoms with Crippen molar-refractivity contribution in [2.45, 2.75) is 23.9 Å². The Kier molecular flexibility index (Phi) is 3.56. The van der Waals surface area contributed by atoms with Gasteiger partial charge in [-0.05, 0) is 30.9 Å². The third kappa shape index (κ3) is 2.59. The Balaban J connectivity index is 2.14. The van der Waals surface area contributed by atoms with Crippen molar-refractivity contribution in [1.29, 1.82) is 0 Å². The van der Waals surface area contributed by atoms with E-state index in [1.807, 2.05) is 0 Å². The molecule has 1 unspecified atom stereocenters. The number of fused-ring (bicyclic) bond motifs is 1. The standard InChI is InChI=1S/C12H12Cl2N2O4S/c13-7-3-8(14)10-9(4-7)15-11(12(17)18)16(21(10,19)20)5-6-1-2-6/h3-4,6,11,15H,1-2,5H2,(H,17,18). The average molecular weight is 351 g/mol. The molecule has 21 heavy (non-hydrogen) atoms.